The highest BCUT2D eigenvalue weighted by Gasteiger charge is 2.18. The minimum absolute atomic E-state index is 0.733. The Kier molecular flexibility index (Phi) is 5.53. The Hall–Kier alpha value is -6.01. The Morgan fingerprint density at radius 3 is 2.16 bits per heavy atom. The third kappa shape index (κ3) is 3.92. The second kappa shape index (κ2) is 9.76. The first-order valence-electron chi connectivity index (χ1n) is 15.0. The van der Waals surface area contributed by atoms with E-state index in [4.69, 9.17) is 14.9 Å². The van der Waals surface area contributed by atoms with Crippen LogP contribution < -0.4 is 4.74 Å². The lowest BCUT2D eigenvalue weighted by atomic mass is 10.0. The van der Waals surface area contributed by atoms with Crippen LogP contribution in [0.2, 0.25) is 0 Å². The molecule has 6 nitrogen and oxygen atoms in total. The number of nitrogens with zero attached hydrogens (tertiary/aromatic N) is 5. The van der Waals surface area contributed by atoms with Crippen molar-refractivity contribution in [2.24, 2.45) is 0 Å². The van der Waals surface area contributed by atoms with Crippen molar-refractivity contribution in [2.45, 2.75) is 13.8 Å². The number of aromatic nitrogens is 5. The summed E-state index contributed by atoms with van der Waals surface area (Å²) in [5.41, 5.74) is 7.44. The molecule has 0 aliphatic rings. The summed E-state index contributed by atoms with van der Waals surface area (Å²) in [7, 11) is 0. The summed E-state index contributed by atoms with van der Waals surface area (Å²) in [6.07, 6.45) is 1.83. The summed E-state index contributed by atoms with van der Waals surface area (Å²) in [5, 5.41) is 15.0. The zero-order chi connectivity index (χ0) is 30.1. The predicted octanol–water partition coefficient (Wildman–Crippen LogP) is 9.60. The maximum atomic E-state index is 6.58. The second-order valence-corrected chi connectivity index (χ2v) is 11.5. The van der Waals surface area contributed by atoms with Crippen molar-refractivity contribution in [3.63, 3.8) is 0 Å². The summed E-state index contributed by atoms with van der Waals surface area (Å²) >= 11 is 0. The molecule has 214 valence electrons. The lowest BCUT2D eigenvalue weighted by Gasteiger charge is -2.13. The van der Waals surface area contributed by atoms with Gasteiger partial charge in [-0.25, -0.2) is 4.98 Å². The molecule has 4 aromatic heterocycles. The highest BCUT2D eigenvalue weighted by atomic mass is 16.5. The Balaban J connectivity index is 1.23. The topological polar surface area (TPSA) is 57.2 Å². The molecule has 5 aromatic carbocycles. The van der Waals surface area contributed by atoms with E-state index in [1.165, 1.54) is 10.9 Å². The van der Waals surface area contributed by atoms with Gasteiger partial charge in [0.15, 0.2) is 11.5 Å². The van der Waals surface area contributed by atoms with Gasteiger partial charge in [-0.2, -0.15) is 0 Å². The van der Waals surface area contributed by atoms with E-state index in [9.17, 15) is 0 Å². The van der Waals surface area contributed by atoms with Gasteiger partial charge in [-0.1, -0.05) is 60.7 Å². The third-order valence-corrected chi connectivity index (χ3v) is 8.72. The Morgan fingerprint density at radius 1 is 0.556 bits per heavy atom. The van der Waals surface area contributed by atoms with Gasteiger partial charge in [0.25, 0.3) is 0 Å². The molecule has 9 aromatic rings. The molecule has 0 amide bonds. The maximum Gasteiger partial charge on any atom is 0.169 e. The van der Waals surface area contributed by atoms with Gasteiger partial charge in [-0.3, -0.25) is 8.97 Å². The monoisotopic (exact) mass is 581 g/mol. The van der Waals surface area contributed by atoms with Crippen LogP contribution in [-0.2, 0) is 0 Å². The van der Waals surface area contributed by atoms with Crippen LogP contribution in [0.25, 0.3) is 66.3 Å². The van der Waals surface area contributed by atoms with Crippen LogP contribution in [-0.4, -0.2) is 24.1 Å². The predicted molar refractivity (Wildman–Crippen MR) is 182 cm³/mol. The van der Waals surface area contributed by atoms with Crippen LogP contribution in [0.5, 0.6) is 11.5 Å². The molecule has 4 heterocycles. The Bertz CT molecular complexity index is 2600. The summed E-state index contributed by atoms with van der Waals surface area (Å²) in [5.74, 6) is 3.18. The molecular weight excluding hydrogens is 554 g/mol. The fourth-order valence-corrected chi connectivity index (χ4v) is 6.63. The summed E-state index contributed by atoms with van der Waals surface area (Å²) in [6, 6.07) is 41.8. The van der Waals surface area contributed by atoms with Gasteiger partial charge >= 0.3 is 0 Å². The van der Waals surface area contributed by atoms with Gasteiger partial charge in [0.2, 0.25) is 0 Å². The number of fused-ring (bicyclic) bond motifs is 9. The molecule has 9 rings (SSSR count). The molecule has 0 bridgehead atoms. The van der Waals surface area contributed by atoms with Crippen LogP contribution in [0, 0.1) is 13.8 Å². The van der Waals surface area contributed by atoms with Gasteiger partial charge in [0.05, 0.1) is 16.6 Å². The van der Waals surface area contributed by atoms with Crippen LogP contribution in [0.3, 0.4) is 0 Å². The van der Waals surface area contributed by atoms with E-state index >= 15 is 0 Å². The number of aryl methyl sites for hydroxylation is 2. The van der Waals surface area contributed by atoms with Crippen molar-refractivity contribution >= 4 is 49.1 Å². The van der Waals surface area contributed by atoms with Crippen molar-refractivity contribution in [3.05, 3.63) is 139 Å². The van der Waals surface area contributed by atoms with E-state index in [0.29, 0.717) is 0 Å². The summed E-state index contributed by atoms with van der Waals surface area (Å²) in [4.78, 5) is 4.66. The Morgan fingerprint density at radius 2 is 1.29 bits per heavy atom. The van der Waals surface area contributed by atoms with Crippen LogP contribution in [0.4, 0.5) is 0 Å². The van der Waals surface area contributed by atoms with Crippen LogP contribution in [0.1, 0.15) is 11.1 Å². The van der Waals surface area contributed by atoms with Gasteiger partial charge in [0.1, 0.15) is 17.3 Å². The molecule has 0 unspecified atom stereocenters. The van der Waals surface area contributed by atoms with Gasteiger partial charge < -0.3 is 4.74 Å². The van der Waals surface area contributed by atoms with Gasteiger partial charge in [0, 0.05) is 39.4 Å². The van der Waals surface area contributed by atoms with E-state index in [0.717, 1.165) is 78.0 Å². The average Bonchev–Trinajstić information content (AvgIpc) is 3.65. The molecule has 0 radical (unpaired) electrons. The number of para-hydroxylation sites is 1. The van der Waals surface area contributed by atoms with Crippen LogP contribution in [0.15, 0.2) is 128 Å². The highest BCUT2D eigenvalue weighted by molar-refractivity contribution is 6.13. The second-order valence-electron chi connectivity index (χ2n) is 11.5. The molecule has 0 fully saturated rings. The molecule has 0 aliphatic carbocycles. The number of ether oxygens (including phenoxy) is 1. The summed E-state index contributed by atoms with van der Waals surface area (Å²) < 4.78 is 11.0. The first-order chi connectivity index (χ1) is 22.1. The summed E-state index contributed by atoms with van der Waals surface area (Å²) in [6.45, 7) is 4.23. The van der Waals surface area contributed by atoms with Gasteiger partial charge in [-0.15, -0.1) is 10.2 Å². The maximum absolute atomic E-state index is 6.58. The fraction of sp³-hybridized carbons (Fsp3) is 0.0513. The van der Waals surface area contributed by atoms with Crippen molar-refractivity contribution in [3.8, 4) is 28.7 Å². The molecule has 0 aliphatic heterocycles. The molecule has 6 heteroatoms. The number of rotatable bonds is 4. The number of benzene rings is 5. The lowest BCUT2D eigenvalue weighted by Crippen LogP contribution is -1.97. The fourth-order valence-electron chi connectivity index (χ4n) is 6.63. The number of pyridine rings is 2. The molecule has 0 saturated heterocycles. The molecule has 0 atom stereocenters. The molecule has 0 spiro atoms. The van der Waals surface area contributed by atoms with Crippen molar-refractivity contribution in [1.82, 2.24) is 24.1 Å². The lowest BCUT2D eigenvalue weighted by molar-refractivity contribution is 0.484. The molecule has 0 saturated carbocycles. The third-order valence-electron chi connectivity index (χ3n) is 8.72. The minimum atomic E-state index is 0.733. The quantitative estimate of drug-likeness (QED) is 0.194. The van der Waals surface area contributed by atoms with Crippen molar-refractivity contribution < 1.29 is 4.74 Å². The number of hydrogen-bond acceptors (Lipinski definition) is 4. The zero-order valence-electron chi connectivity index (χ0n) is 24.8. The average molecular weight is 582 g/mol. The molecular formula is C39H27N5O. The van der Waals surface area contributed by atoms with Crippen molar-refractivity contribution in [2.75, 3.05) is 0 Å². The van der Waals surface area contributed by atoms with E-state index in [1.54, 1.807) is 0 Å². The normalized spacial score (nSPS) is 11.8. The van der Waals surface area contributed by atoms with E-state index < -0.39 is 0 Å². The minimum Gasteiger partial charge on any atom is -0.457 e. The highest BCUT2D eigenvalue weighted by Crippen LogP contribution is 2.38. The van der Waals surface area contributed by atoms with Gasteiger partial charge in [-0.05, 0) is 85.0 Å². The molecule has 0 N–H and O–H groups in total. The SMILES string of the molecule is Cc1ccc2c3ccc(Oc4ccc5c6ccccc6n(-c6ccccn6)c5c4)cc3c3nnc(-c4ccccc4C)n3c2c1. The standard InChI is InChI=1S/C39H27N5O/c1-24-14-17-31-29-18-15-26(22-33(29)39-42-41-38(44(39)35(31)21-24)28-10-4-3-9-25(28)2)45-27-16-19-32-30-11-5-6-12-34(30)43(36(32)23-27)37-13-7-8-20-40-37/h3-23H,1-2H3. The van der Waals surface area contributed by atoms with E-state index in [2.05, 4.69) is 113 Å². The molecule has 45 heavy (non-hydrogen) atoms. The Labute approximate surface area is 258 Å². The largest absolute Gasteiger partial charge is 0.457 e. The first kappa shape index (κ1) is 25.5. The van der Waals surface area contributed by atoms with Crippen LogP contribution >= 0.6 is 0 Å². The van der Waals surface area contributed by atoms with E-state index in [-0.39, 0.29) is 0 Å². The smallest absolute Gasteiger partial charge is 0.169 e. The van der Waals surface area contributed by atoms with Crippen molar-refractivity contribution in [1.29, 1.82) is 0 Å². The number of hydrogen-bond donors (Lipinski definition) is 0. The van der Waals surface area contributed by atoms with E-state index in [1.807, 2.05) is 42.6 Å². The zero-order valence-corrected chi connectivity index (χ0v) is 24.8. The first-order valence-corrected chi connectivity index (χ1v) is 15.0.